The number of benzene rings is 1. The van der Waals surface area contributed by atoms with Gasteiger partial charge >= 0.3 is 6.18 Å². The molecule has 0 N–H and O–H groups in total. The van der Waals surface area contributed by atoms with Crippen LogP contribution < -0.4 is 0 Å². The van der Waals surface area contributed by atoms with Crippen molar-refractivity contribution in [1.82, 2.24) is 0 Å². The number of alkyl halides is 3. The SMILES string of the molecule is CCC1CCCC(c2ccc(C(F)(F)F)cc2)O1. The highest BCUT2D eigenvalue weighted by Crippen LogP contribution is 2.34. The molecule has 2 unspecified atom stereocenters. The standard InChI is InChI=1S/C14H17F3O/c1-2-12-4-3-5-13(18-12)10-6-8-11(9-7-10)14(15,16)17/h6-9,12-13H,2-5H2,1H3. The Morgan fingerprint density at radius 2 is 1.83 bits per heavy atom. The molecule has 0 aromatic heterocycles. The highest BCUT2D eigenvalue weighted by Gasteiger charge is 2.30. The maximum Gasteiger partial charge on any atom is 0.416 e. The van der Waals surface area contributed by atoms with Gasteiger partial charge in [-0.05, 0) is 43.4 Å². The molecular weight excluding hydrogens is 241 g/mol. The molecule has 18 heavy (non-hydrogen) atoms. The average molecular weight is 258 g/mol. The Morgan fingerprint density at radius 3 is 2.39 bits per heavy atom. The van der Waals surface area contributed by atoms with Crippen molar-refractivity contribution in [2.45, 2.75) is 51.0 Å². The lowest BCUT2D eigenvalue weighted by Gasteiger charge is -2.29. The second kappa shape index (κ2) is 5.31. The van der Waals surface area contributed by atoms with Gasteiger partial charge in [0.2, 0.25) is 0 Å². The zero-order valence-electron chi connectivity index (χ0n) is 10.3. The van der Waals surface area contributed by atoms with Crippen molar-refractivity contribution in [2.75, 3.05) is 0 Å². The van der Waals surface area contributed by atoms with E-state index in [0.29, 0.717) is 0 Å². The molecule has 100 valence electrons. The van der Waals surface area contributed by atoms with Crippen molar-refractivity contribution >= 4 is 0 Å². The van der Waals surface area contributed by atoms with Crippen LogP contribution in [0, 0.1) is 0 Å². The predicted molar refractivity (Wildman–Crippen MR) is 63.2 cm³/mol. The molecule has 1 aliphatic heterocycles. The van der Waals surface area contributed by atoms with E-state index in [1.165, 1.54) is 12.1 Å². The second-order valence-corrected chi connectivity index (χ2v) is 4.71. The van der Waals surface area contributed by atoms with Gasteiger partial charge in [0.25, 0.3) is 0 Å². The Labute approximate surface area is 105 Å². The third-order valence-corrected chi connectivity index (χ3v) is 3.41. The highest BCUT2D eigenvalue weighted by atomic mass is 19.4. The first-order valence-corrected chi connectivity index (χ1v) is 6.33. The molecule has 1 aliphatic rings. The van der Waals surface area contributed by atoms with Crippen LogP contribution in [-0.4, -0.2) is 6.10 Å². The normalized spacial score (nSPS) is 25.1. The number of ether oxygens (including phenoxy) is 1. The van der Waals surface area contributed by atoms with Crippen LogP contribution in [0.2, 0.25) is 0 Å². The zero-order chi connectivity index (χ0) is 13.2. The van der Waals surface area contributed by atoms with E-state index >= 15 is 0 Å². The molecule has 1 nitrogen and oxygen atoms in total. The van der Waals surface area contributed by atoms with Crippen molar-refractivity contribution in [2.24, 2.45) is 0 Å². The van der Waals surface area contributed by atoms with Gasteiger partial charge in [-0.25, -0.2) is 0 Å². The van der Waals surface area contributed by atoms with Crippen LogP contribution in [0.15, 0.2) is 24.3 Å². The molecule has 4 heteroatoms. The molecular formula is C14H17F3O. The first-order valence-electron chi connectivity index (χ1n) is 6.33. The Kier molecular flexibility index (Phi) is 3.95. The van der Waals surface area contributed by atoms with Gasteiger partial charge in [0, 0.05) is 0 Å². The topological polar surface area (TPSA) is 9.23 Å². The molecule has 0 bridgehead atoms. The third-order valence-electron chi connectivity index (χ3n) is 3.41. The molecule has 1 aromatic carbocycles. The zero-order valence-corrected chi connectivity index (χ0v) is 10.3. The summed E-state index contributed by atoms with van der Waals surface area (Å²) in [6.07, 6.45) is -0.105. The van der Waals surface area contributed by atoms with E-state index in [9.17, 15) is 13.2 Å². The summed E-state index contributed by atoms with van der Waals surface area (Å²) in [4.78, 5) is 0. The van der Waals surface area contributed by atoms with E-state index in [1.807, 2.05) is 0 Å². The smallest absolute Gasteiger partial charge is 0.370 e. The minimum absolute atomic E-state index is 0.0500. The van der Waals surface area contributed by atoms with E-state index in [2.05, 4.69) is 6.92 Å². The average Bonchev–Trinajstić information content (AvgIpc) is 2.38. The fourth-order valence-electron chi connectivity index (χ4n) is 2.33. The van der Waals surface area contributed by atoms with E-state index in [-0.39, 0.29) is 12.2 Å². The molecule has 1 fully saturated rings. The van der Waals surface area contributed by atoms with E-state index in [1.54, 1.807) is 0 Å². The van der Waals surface area contributed by atoms with Gasteiger partial charge in [-0.15, -0.1) is 0 Å². The lowest BCUT2D eigenvalue weighted by Crippen LogP contribution is -2.21. The van der Waals surface area contributed by atoms with Gasteiger partial charge in [-0.1, -0.05) is 19.1 Å². The summed E-state index contributed by atoms with van der Waals surface area (Å²) < 4.78 is 43.2. The largest absolute Gasteiger partial charge is 0.416 e. The number of rotatable bonds is 2. The van der Waals surface area contributed by atoms with E-state index in [0.717, 1.165) is 43.4 Å². The summed E-state index contributed by atoms with van der Waals surface area (Å²) in [5.41, 5.74) is 0.246. The van der Waals surface area contributed by atoms with Crippen molar-refractivity contribution < 1.29 is 17.9 Å². The van der Waals surface area contributed by atoms with Crippen LogP contribution in [0.25, 0.3) is 0 Å². The van der Waals surface area contributed by atoms with Crippen molar-refractivity contribution in [3.8, 4) is 0 Å². The molecule has 1 heterocycles. The van der Waals surface area contributed by atoms with Gasteiger partial charge in [0.1, 0.15) is 0 Å². The van der Waals surface area contributed by atoms with Crippen LogP contribution in [0.1, 0.15) is 49.8 Å². The quantitative estimate of drug-likeness (QED) is 0.745. The summed E-state index contributed by atoms with van der Waals surface area (Å²) >= 11 is 0. The molecule has 2 atom stereocenters. The van der Waals surface area contributed by atoms with Crippen LogP contribution >= 0.6 is 0 Å². The molecule has 0 aliphatic carbocycles. The Morgan fingerprint density at radius 1 is 1.17 bits per heavy atom. The maximum atomic E-state index is 12.4. The number of hydrogen-bond acceptors (Lipinski definition) is 1. The maximum absolute atomic E-state index is 12.4. The van der Waals surface area contributed by atoms with Crippen molar-refractivity contribution in [3.05, 3.63) is 35.4 Å². The first-order chi connectivity index (χ1) is 8.50. The molecule has 1 saturated heterocycles. The Hall–Kier alpha value is -1.03. The van der Waals surface area contributed by atoms with Gasteiger partial charge in [0.05, 0.1) is 17.8 Å². The highest BCUT2D eigenvalue weighted by molar-refractivity contribution is 5.26. The minimum Gasteiger partial charge on any atom is -0.370 e. The van der Waals surface area contributed by atoms with Crippen LogP contribution in [0.4, 0.5) is 13.2 Å². The Balaban J connectivity index is 2.09. The summed E-state index contributed by atoms with van der Waals surface area (Å²) in [5, 5.41) is 0. The fraction of sp³-hybridized carbons (Fsp3) is 0.571. The third kappa shape index (κ3) is 3.05. The van der Waals surface area contributed by atoms with Gasteiger partial charge < -0.3 is 4.74 Å². The predicted octanol–water partition coefficient (Wildman–Crippen LogP) is 4.73. The van der Waals surface area contributed by atoms with Crippen LogP contribution in [-0.2, 0) is 10.9 Å². The molecule has 0 radical (unpaired) electrons. The minimum atomic E-state index is -4.27. The molecule has 1 aromatic rings. The number of hydrogen-bond donors (Lipinski definition) is 0. The summed E-state index contributed by atoms with van der Waals surface area (Å²) in [6, 6.07) is 5.33. The monoisotopic (exact) mass is 258 g/mol. The van der Waals surface area contributed by atoms with E-state index in [4.69, 9.17) is 4.74 Å². The molecule has 0 spiro atoms. The van der Waals surface area contributed by atoms with Crippen molar-refractivity contribution in [3.63, 3.8) is 0 Å². The summed E-state index contributed by atoms with van der Waals surface area (Å²) in [7, 11) is 0. The molecule has 2 rings (SSSR count). The molecule has 0 amide bonds. The van der Waals surface area contributed by atoms with Gasteiger partial charge in [-0.2, -0.15) is 13.2 Å². The van der Waals surface area contributed by atoms with Gasteiger partial charge in [-0.3, -0.25) is 0 Å². The Bertz CT molecular complexity index is 383. The summed E-state index contributed by atoms with van der Waals surface area (Å²) in [5.74, 6) is 0. The fourth-order valence-corrected chi connectivity index (χ4v) is 2.33. The summed E-state index contributed by atoms with van der Waals surface area (Å²) in [6.45, 7) is 2.07. The van der Waals surface area contributed by atoms with Crippen molar-refractivity contribution in [1.29, 1.82) is 0 Å². The lowest BCUT2D eigenvalue weighted by atomic mass is 9.97. The second-order valence-electron chi connectivity index (χ2n) is 4.71. The lowest BCUT2D eigenvalue weighted by molar-refractivity contribution is -0.137. The van der Waals surface area contributed by atoms with E-state index < -0.39 is 11.7 Å². The number of halogens is 3. The molecule has 0 saturated carbocycles. The van der Waals surface area contributed by atoms with Crippen LogP contribution in [0.5, 0.6) is 0 Å². The first kappa shape index (κ1) is 13.4. The van der Waals surface area contributed by atoms with Crippen LogP contribution in [0.3, 0.4) is 0 Å². The van der Waals surface area contributed by atoms with Gasteiger partial charge in [0.15, 0.2) is 0 Å².